The average Bonchev–Trinajstić information content (AvgIpc) is 2.65. The Bertz CT molecular complexity index is 741. The summed E-state index contributed by atoms with van der Waals surface area (Å²) in [5.74, 6) is -0.221. The number of halogens is 1. The minimum atomic E-state index is -0.221. The number of ether oxygens (including phenoxy) is 1. The third kappa shape index (κ3) is 5.22. The van der Waals surface area contributed by atoms with Crippen molar-refractivity contribution in [2.24, 2.45) is 5.10 Å². The minimum absolute atomic E-state index is 0.221. The van der Waals surface area contributed by atoms with Crippen LogP contribution in [0.4, 0.5) is 0 Å². The lowest BCUT2D eigenvalue weighted by Crippen LogP contribution is -2.35. The largest absolute Gasteiger partial charge is 0.379 e. The van der Waals surface area contributed by atoms with Crippen molar-refractivity contribution in [1.29, 1.82) is 0 Å². The molecule has 0 bridgehead atoms. The van der Waals surface area contributed by atoms with E-state index < -0.39 is 0 Å². The van der Waals surface area contributed by atoms with Gasteiger partial charge in [-0.25, -0.2) is 5.43 Å². The molecule has 3 rings (SSSR count). The van der Waals surface area contributed by atoms with Crippen LogP contribution in [0.5, 0.6) is 0 Å². The van der Waals surface area contributed by atoms with Gasteiger partial charge in [-0.15, -0.1) is 0 Å². The molecule has 0 saturated carbocycles. The normalized spacial score (nSPS) is 15.4. The van der Waals surface area contributed by atoms with Gasteiger partial charge in [0.25, 0.3) is 5.91 Å². The first kappa shape index (κ1) is 17.8. The Kier molecular flexibility index (Phi) is 6.33. The number of benzene rings is 2. The number of nitrogens with one attached hydrogen (secondary N) is 1. The van der Waals surface area contributed by atoms with Crippen LogP contribution in [-0.4, -0.2) is 43.3 Å². The quantitative estimate of drug-likeness (QED) is 0.618. The summed E-state index contributed by atoms with van der Waals surface area (Å²) >= 11 is 3.44. The smallest absolute Gasteiger partial charge is 0.271 e. The predicted molar refractivity (Wildman–Crippen MR) is 102 cm³/mol. The summed E-state index contributed by atoms with van der Waals surface area (Å²) in [6.07, 6.45) is 1.62. The minimum Gasteiger partial charge on any atom is -0.379 e. The summed E-state index contributed by atoms with van der Waals surface area (Å²) in [4.78, 5) is 14.5. The molecule has 25 heavy (non-hydrogen) atoms. The lowest BCUT2D eigenvalue weighted by molar-refractivity contribution is 0.0342. The SMILES string of the molecule is O=C(NN=Cc1ccccc1Br)c1ccc(CN2CCOCC2)cc1. The van der Waals surface area contributed by atoms with E-state index in [1.165, 1.54) is 5.56 Å². The number of rotatable bonds is 5. The van der Waals surface area contributed by atoms with E-state index in [1.807, 2.05) is 48.5 Å². The Balaban J connectivity index is 1.54. The number of morpholine rings is 1. The van der Waals surface area contributed by atoms with Crippen LogP contribution in [0.3, 0.4) is 0 Å². The molecule has 0 atom stereocenters. The van der Waals surface area contributed by atoms with Crippen LogP contribution in [0.2, 0.25) is 0 Å². The number of hydrogen-bond donors (Lipinski definition) is 1. The molecule has 130 valence electrons. The van der Waals surface area contributed by atoms with Gasteiger partial charge in [0, 0.05) is 35.2 Å². The second kappa shape index (κ2) is 8.89. The first-order valence-electron chi connectivity index (χ1n) is 8.19. The van der Waals surface area contributed by atoms with Crippen LogP contribution in [0.25, 0.3) is 0 Å². The first-order valence-corrected chi connectivity index (χ1v) is 8.98. The highest BCUT2D eigenvalue weighted by atomic mass is 79.9. The molecule has 1 aliphatic heterocycles. The van der Waals surface area contributed by atoms with Gasteiger partial charge in [-0.3, -0.25) is 9.69 Å². The molecular formula is C19H20BrN3O2. The van der Waals surface area contributed by atoms with Crippen molar-refractivity contribution in [3.8, 4) is 0 Å². The summed E-state index contributed by atoms with van der Waals surface area (Å²) in [6.45, 7) is 4.36. The highest BCUT2D eigenvalue weighted by Crippen LogP contribution is 2.13. The van der Waals surface area contributed by atoms with E-state index in [0.29, 0.717) is 5.56 Å². The van der Waals surface area contributed by atoms with Gasteiger partial charge >= 0.3 is 0 Å². The Hall–Kier alpha value is -2.02. The fraction of sp³-hybridized carbons (Fsp3) is 0.263. The van der Waals surface area contributed by atoms with E-state index in [4.69, 9.17) is 4.74 Å². The molecule has 1 N–H and O–H groups in total. The average molecular weight is 402 g/mol. The standard InChI is InChI=1S/C19H20BrN3O2/c20-18-4-2-1-3-17(18)13-21-22-19(24)16-7-5-15(6-8-16)14-23-9-11-25-12-10-23/h1-8,13H,9-12,14H2,(H,22,24). The van der Waals surface area contributed by atoms with Gasteiger partial charge < -0.3 is 4.74 Å². The number of hydrazone groups is 1. The Morgan fingerprint density at radius 3 is 2.60 bits per heavy atom. The van der Waals surface area contributed by atoms with Crippen LogP contribution >= 0.6 is 15.9 Å². The second-order valence-electron chi connectivity index (χ2n) is 5.81. The van der Waals surface area contributed by atoms with Crippen molar-refractivity contribution in [2.75, 3.05) is 26.3 Å². The molecule has 2 aromatic rings. The van der Waals surface area contributed by atoms with Gasteiger partial charge in [0.05, 0.1) is 19.4 Å². The van der Waals surface area contributed by atoms with E-state index in [-0.39, 0.29) is 5.91 Å². The lowest BCUT2D eigenvalue weighted by Gasteiger charge is -2.26. The highest BCUT2D eigenvalue weighted by Gasteiger charge is 2.11. The van der Waals surface area contributed by atoms with Crippen molar-refractivity contribution >= 4 is 28.1 Å². The fourth-order valence-corrected chi connectivity index (χ4v) is 2.97. The Morgan fingerprint density at radius 1 is 1.16 bits per heavy atom. The predicted octanol–water partition coefficient (Wildman–Crippen LogP) is 3.05. The maximum absolute atomic E-state index is 12.2. The van der Waals surface area contributed by atoms with Crippen molar-refractivity contribution < 1.29 is 9.53 Å². The van der Waals surface area contributed by atoms with Crippen molar-refractivity contribution in [1.82, 2.24) is 10.3 Å². The number of carbonyl (C=O) groups is 1. The van der Waals surface area contributed by atoms with Gasteiger partial charge in [0.15, 0.2) is 0 Å². The third-order valence-corrected chi connectivity index (χ3v) is 4.72. The number of amides is 1. The maximum Gasteiger partial charge on any atom is 0.271 e. The van der Waals surface area contributed by atoms with Crippen molar-refractivity contribution in [2.45, 2.75) is 6.54 Å². The van der Waals surface area contributed by atoms with E-state index in [0.717, 1.165) is 42.9 Å². The summed E-state index contributed by atoms with van der Waals surface area (Å²) < 4.78 is 6.28. The lowest BCUT2D eigenvalue weighted by atomic mass is 10.1. The molecule has 0 unspecified atom stereocenters. The van der Waals surface area contributed by atoms with E-state index in [1.54, 1.807) is 6.21 Å². The monoisotopic (exact) mass is 401 g/mol. The van der Waals surface area contributed by atoms with Crippen LogP contribution < -0.4 is 5.43 Å². The van der Waals surface area contributed by atoms with Gasteiger partial charge in [-0.2, -0.15) is 5.10 Å². The van der Waals surface area contributed by atoms with E-state index in [2.05, 4.69) is 31.4 Å². The van der Waals surface area contributed by atoms with Crippen LogP contribution in [0.1, 0.15) is 21.5 Å². The molecule has 6 heteroatoms. The van der Waals surface area contributed by atoms with E-state index in [9.17, 15) is 4.79 Å². The van der Waals surface area contributed by atoms with Gasteiger partial charge in [0.2, 0.25) is 0 Å². The summed E-state index contributed by atoms with van der Waals surface area (Å²) in [5, 5.41) is 4.02. The zero-order valence-electron chi connectivity index (χ0n) is 13.8. The van der Waals surface area contributed by atoms with E-state index >= 15 is 0 Å². The molecule has 1 fully saturated rings. The summed E-state index contributed by atoms with van der Waals surface area (Å²) in [5.41, 5.74) is 5.25. The van der Waals surface area contributed by atoms with Crippen LogP contribution in [0.15, 0.2) is 58.1 Å². The Labute approximate surface area is 155 Å². The molecule has 1 aliphatic rings. The first-order chi connectivity index (χ1) is 12.2. The molecule has 0 aliphatic carbocycles. The molecule has 0 spiro atoms. The topological polar surface area (TPSA) is 53.9 Å². The zero-order valence-corrected chi connectivity index (χ0v) is 15.4. The molecule has 2 aromatic carbocycles. The molecule has 1 heterocycles. The maximum atomic E-state index is 12.2. The van der Waals surface area contributed by atoms with Gasteiger partial charge in [-0.1, -0.05) is 46.3 Å². The van der Waals surface area contributed by atoms with Crippen LogP contribution in [0, 0.1) is 0 Å². The zero-order chi connectivity index (χ0) is 17.5. The molecular weight excluding hydrogens is 382 g/mol. The molecule has 0 aromatic heterocycles. The number of carbonyl (C=O) groups excluding carboxylic acids is 1. The summed E-state index contributed by atoms with van der Waals surface area (Å²) in [6, 6.07) is 15.3. The Morgan fingerprint density at radius 2 is 1.88 bits per heavy atom. The number of hydrogen-bond acceptors (Lipinski definition) is 4. The van der Waals surface area contributed by atoms with Gasteiger partial charge in [0.1, 0.15) is 0 Å². The fourth-order valence-electron chi connectivity index (χ4n) is 2.58. The summed E-state index contributed by atoms with van der Waals surface area (Å²) in [7, 11) is 0. The molecule has 0 radical (unpaired) electrons. The third-order valence-electron chi connectivity index (χ3n) is 4.00. The van der Waals surface area contributed by atoms with Crippen molar-refractivity contribution in [3.05, 3.63) is 69.7 Å². The van der Waals surface area contributed by atoms with Gasteiger partial charge in [-0.05, 0) is 23.8 Å². The van der Waals surface area contributed by atoms with Crippen LogP contribution in [-0.2, 0) is 11.3 Å². The second-order valence-corrected chi connectivity index (χ2v) is 6.66. The molecule has 1 amide bonds. The van der Waals surface area contributed by atoms with Crippen molar-refractivity contribution in [3.63, 3.8) is 0 Å². The molecule has 1 saturated heterocycles. The number of nitrogens with zero attached hydrogens (tertiary/aromatic N) is 2. The molecule has 5 nitrogen and oxygen atoms in total. The highest BCUT2D eigenvalue weighted by molar-refractivity contribution is 9.10.